The first-order valence-electron chi connectivity index (χ1n) is 7.44. The average Bonchev–Trinajstić information content (AvgIpc) is 2.38. The Morgan fingerprint density at radius 3 is 2.47 bits per heavy atom. The van der Waals surface area contributed by atoms with E-state index in [1.165, 1.54) is 44.4 Å². The van der Waals surface area contributed by atoms with Gasteiger partial charge in [-0.1, -0.05) is 39.5 Å². The molecule has 0 aliphatic rings. The van der Waals surface area contributed by atoms with Crippen LogP contribution in [0.5, 0.6) is 0 Å². The normalized spacial score (nSPS) is 12.9. The number of unbranched alkanes of at least 4 members (excludes halogenated alkanes) is 3. The highest BCUT2D eigenvalue weighted by atomic mass is 19.1. The van der Waals surface area contributed by atoms with Crippen LogP contribution in [-0.4, -0.2) is 11.5 Å². The molecule has 0 aromatic carbocycles. The highest BCUT2D eigenvalue weighted by molar-refractivity contribution is 5.08. The zero-order valence-electron chi connectivity index (χ0n) is 12.5. The summed E-state index contributed by atoms with van der Waals surface area (Å²) in [5.41, 5.74) is 0.904. The van der Waals surface area contributed by atoms with Gasteiger partial charge < -0.3 is 5.32 Å². The number of halogens is 1. The standard InChI is InChI=1S/C16H27FN2/c1-13(2)8-6-4-5-7-11-18-14(3)16-10-9-15(17)12-19-16/h9-10,12-14,18H,4-8,11H2,1-3H3. The summed E-state index contributed by atoms with van der Waals surface area (Å²) in [4.78, 5) is 4.09. The predicted octanol–water partition coefficient (Wildman–Crippen LogP) is 4.48. The molecule has 0 fully saturated rings. The Morgan fingerprint density at radius 1 is 1.11 bits per heavy atom. The van der Waals surface area contributed by atoms with Gasteiger partial charge in [0.2, 0.25) is 0 Å². The van der Waals surface area contributed by atoms with Crippen molar-refractivity contribution in [2.75, 3.05) is 6.54 Å². The van der Waals surface area contributed by atoms with Crippen molar-refractivity contribution >= 4 is 0 Å². The van der Waals surface area contributed by atoms with Crippen molar-refractivity contribution in [2.24, 2.45) is 5.92 Å². The van der Waals surface area contributed by atoms with Crippen molar-refractivity contribution in [3.05, 3.63) is 29.8 Å². The van der Waals surface area contributed by atoms with Crippen LogP contribution in [0.15, 0.2) is 18.3 Å². The Labute approximate surface area is 116 Å². The SMILES string of the molecule is CC(C)CCCCCCNC(C)c1ccc(F)cn1. The molecule has 1 heterocycles. The zero-order valence-corrected chi connectivity index (χ0v) is 12.5. The number of nitrogens with zero attached hydrogens (tertiary/aromatic N) is 1. The number of pyridine rings is 1. The van der Waals surface area contributed by atoms with Gasteiger partial charge >= 0.3 is 0 Å². The number of nitrogens with one attached hydrogen (secondary N) is 1. The Morgan fingerprint density at radius 2 is 1.84 bits per heavy atom. The summed E-state index contributed by atoms with van der Waals surface area (Å²) in [5.74, 6) is 0.545. The fourth-order valence-electron chi connectivity index (χ4n) is 2.10. The van der Waals surface area contributed by atoms with E-state index in [1.54, 1.807) is 6.07 Å². The quantitative estimate of drug-likeness (QED) is 0.667. The van der Waals surface area contributed by atoms with E-state index in [0.717, 1.165) is 18.2 Å². The summed E-state index contributed by atoms with van der Waals surface area (Å²) in [5, 5.41) is 3.43. The summed E-state index contributed by atoms with van der Waals surface area (Å²) in [7, 11) is 0. The third kappa shape index (κ3) is 7.26. The number of rotatable bonds is 9. The van der Waals surface area contributed by atoms with Crippen molar-refractivity contribution in [3.63, 3.8) is 0 Å². The Kier molecular flexibility index (Phi) is 7.65. The van der Waals surface area contributed by atoms with Gasteiger partial charge in [-0.05, 0) is 37.9 Å². The third-order valence-electron chi connectivity index (χ3n) is 3.35. The molecule has 1 N–H and O–H groups in total. The van der Waals surface area contributed by atoms with Gasteiger partial charge in [0.15, 0.2) is 0 Å². The minimum Gasteiger partial charge on any atom is -0.309 e. The summed E-state index contributed by atoms with van der Waals surface area (Å²) in [6.07, 6.45) is 7.76. The predicted molar refractivity (Wildman–Crippen MR) is 78.5 cm³/mol. The summed E-state index contributed by atoms with van der Waals surface area (Å²) in [6, 6.07) is 3.40. The van der Waals surface area contributed by atoms with Gasteiger partial charge in [0.1, 0.15) is 5.82 Å². The van der Waals surface area contributed by atoms with Gasteiger partial charge in [-0.25, -0.2) is 4.39 Å². The molecule has 0 spiro atoms. The Balaban J connectivity index is 2.07. The molecule has 19 heavy (non-hydrogen) atoms. The summed E-state index contributed by atoms with van der Waals surface area (Å²) in [6.45, 7) is 7.62. The van der Waals surface area contributed by atoms with Crippen LogP contribution in [-0.2, 0) is 0 Å². The topological polar surface area (TPSA) is 24.9 Å². The summed E-state index contributed by atoms with van der Waals surface area (Å²) < 4.78 is 12.7. The van der Waals surface area contributed by atoms with Gasteiger partial charge in [0.05, 0.1) is 11.9 Å². The van der Waals surface area contributed by atoms with E-state index in [0.29, 0.717) is 0 Å². The van der Waals surface area contributed by atoms with Crippen LogP contribution in [0.3, 0.4) is 0 Å². The van der Waals surface area contributed by atoms with Crippen LogP contribution in [0.25, 0.3) is 0 Å². The van der Waals surface area contributed by atoms with E-state index in [1.807, 2.05) is 0 Å². The lowest BCUT2D eigenvalue weighted by Crippen LogP contribution is -2.20. The van der Waals surface area contributed by atoms with Crippen LogP contribution >= 0.6 is 0 Å². The third-order valence-corrected chi connectivity index (χ3v) is 3.35. The van der Waals surface area contributed by atoms with Crippen molar-refractivity contribution in [3.8, 4) is 0 Å². The molecule has 0 saturated carbocycles. The number of hydrogen-bond acceptors (Lipinski definition) is 2. The van der Waals surface area contributed by atoms with Crippen LogP contribution in [0.4, 0.5) is 4.39 Å². The Bertz CT molecular complexity index is 335. The van der Waals surface area contributed by atoms with E-state index in [9.17, 15) is 4.39 Å². The fourth-order valence-corrected chi connectivity index (χ4v) is 2.10. The van der Waals surface area contributed by atoms with Crippen molar-refractivity contribution in [1.29, 1.82) is 0 Å². The molecule has 0 amide bonds. The molecule has 2 nitrogen and oxygen atoms in total. The molecule has 1 aromatic heterocycles. The van der Waals surface area contributed by atoms with E-state index in [4.69, 9.17) is 0 Å². The largest absolute Gasteiger partial charge is 0.309 e. The molecule has 0 aliphatic heterocycles. The maximum atomic E-state index is 12.7. The lowest BCUT2D eigenvalue weighted by molar-refractivity contribution is 0.495. The average molecular weight is 266 g/mol. The zero-order chi connectivity index (χ0) is 14.1. The first-order valence-corrected chi connectivity index (χ1v) is 7.44. The molecule has 0 aliphatic carbocycles. The highest BCUT2D eigenvalue weighted by Gasteiger charge is 2.05. The van der Waals surface area contributed by atoms with Crippen LogP contribution < -0.4 is 5.32 Å². The Hall–Kier alpha value is -0.960. The second kappa shape index (κ2) is 9.03. The second-order valence-electron chi connectivity index (χ2n) is 5.67. The lowest BCUT2D eigenvalue weighted by Gasteiger charge is -2.13. The first kappa shape index (κ1) is 16.1. The van der Waals surface area contributed by atoms with Crippen LogP contribution in [0.1, 0.15) is 64.6 Å². The smallest absolute Gasteiger partial charge is 0.141 e. The number of aromatic nitrogens is 1. The van der Waals surface area contributed by atoms with Crippen molar-refractivity contribution in [2.45, 2.75) is 58.9 Å². The molecule has 1 rings (SSSR count). The van der Waals surface area contributed by atoms with Gasteiger partial charge in [0.25, 0.3) is 0 Å². The van der Waals surface area contributed by atoms with E-state index < -0.39 is 0 Å². The van der Waals surface area contributed by atoms with Crippen molar-refractivity contribution in [1.82, 2.24) is 10.3 Å². The first-order chi connectivity index (χ1) is 9.09. The molecule has 0 bridgehead atoms. The number of hydrogen-bond donors (Lipinski definition) is 1. The molecular formula is C16H27FN2. The molecule has 3 heteroatoms. The monoisotopic (exact) mass is 266 g/mol. The molecule has 108 valence electrons. The maximum absolute atomic E-state index is 12.7. The van der Waals surface area contributed by atoms with Gasteiger partial charge in [-0.2, -0.15) is 0 Å². The van der Waals surface area contributed by atoms with Crippen LogP contribution in [0.2, 0.25) is 0 Å². The fraction of sp³-hybridized carbons (Fsp3) is 0.688. The van der Waals surface area contributed by atoms with Gasteiger partial charge in [-0.15, -0.1) is 0 Å². The lowest BCUT2D eigenvalue weighted by atomic mass is 10.0. The van der Waals surface area contributed by atoms with Crippen LogP contribution in [0, 0.1) is 11.7 Å². The summed E-state index contributed by atoms with van der Waals surface area (Å²) >= 11 is 0. The van der Waals surface area contributed by atoms with Gasteiger partial charge in [0, 0.05) is 6.04 Å². The van der Waals surface area contributed by atoms with E-state index in [-0.39, 0.29) is 11.9 Å². The molecule has 1 aromatic rings. The molecule has 0 radical (unpaired) electrons. The minimum absolute atomic E-state index is 0.191. The minimum atomic E-state index is -0.277. The second-order valence-corrected chi connectivity index (χ2v) is 5.67. The maximum Gasteiger partial charge on any atom is 0.141 e. The molecule has 1 unspecified atom stereocenters. The molecular weight excluding hydrogens is 239 g/mol. The van der Waals surface area contributed by atoms with E-state index in [2.05, 4.69) is 31.1 Å². The van der Waals surface area contributed by atoms with E-state index >= 15 is 0 Å². The van der Waals surface area contributed by atoms with Gasteiger partial charge in [-0.3, -0.25) is 4.98 Å². The van der Waals surface area contributed by atoms with Crippen molar-refractivity contribution < 1.29 is 4.39 Å². The molecule has 0 saturated heterocycles. The highest BCUT2D eigenvalue weighted by Crippen LogP contribution is 2.11. The molecule has 1 atom stereocenters.